The second-order valence-electron chi connectivity index (χ2n) is 3.60. The molecule has 1 rings (SSSR count). The summed E-state index contributed by atoms with van der Waals surface area (Å²) in [4.78, 5) is 4.40. The van der Waals surface area contributed by atoms with Gasteiger partial charge in [0, 0.05) is 12.3 Å². The summed E-state index contributed by atoms with van der Waals surface area (Å²) in [5.74, 6) is 1.22. The van der Waals surface area contributed by atoms with Gasteiger partial charge in [-0.15, -0.1) is 11.8 Å². The molecule has 1 aliphatic rings. The van der Waals surface area contributed by atoms with E-state index in [1.807, 2.05) is 11.8 Å². The van der Waals surface area contributed by atoms with Crippen LogP contribution in [0.25, 0.3) is 0 Å². The smallest absolute Gasteiger partial charge is 0.0645 e. The highest BCUT2D eigenvalue weighted by Crippen LogP contribution is 2.28. The zero-order chi connectivity index (χ0) is 7.61. The van der Waals surface area contributed by atoms with Crippen molar-refractivity contribution in [3.05, 3.63) is 0 Å². The Hall–Kier alpha value is 0.0200. The third-order valence-electron chi connectivity index (χ3n) is 1.79. The van der Waals surface area contributed by atoms with Gasteiger partial charge in [-0.25, -0.2) is 0 Å². The van der Waals surface area contributed by atoms with Crippen molar-refractivity contribution in [1.29, 1.82) is 0 Å². The minimum absolute atomic E-state index is 0.492. The molecule has 58 valence electrons. The maximum absolute atomic E-state index is 4.40. The lowest BCUT2D eigenvalue weighted by molar-refractivity contribution is 0.397. The average molecular weight is 157 g/mol. The van der Waals surface area contributed by atoms with Gasteiger partial charge >= 0.3 is 0 Å². The predicted molar refractivity (Wildman–Crippen MR) is 48.8 cm³/mol. The third kappa shape index (κ3) is 2.33. The van der Waals surface area contributed by atoms with Gasteiger partial charge in [0.2, 0.25) is 0 Å². The van der Waals surface area contributed by atoms with Crippen LogP contribution in [0.1, 0.15) is 27.2 Å². The maximum atomic E-state index is 4.40. The van der Waals surface area contributed by atoms with Gasteiger partial charge in [0.15, 0.2) is 0 Å². The number of aliphatic imine (C=N–C) groups is 1. The molecule has 10 heavy (non-hydrogen) atoms. The van der Waals surface area contributed by atoms with E-state index in [-0.39, 0.29) is 0 Å². The molecule has 0 aromatic heterocycles. The van der Waals surface area contributed by atoms with E-state index in [1.165, 1.54) is 17.2 Å². The number of thioether (sulfide) groups is 1. The third-order valence-corrected chi connectivity index (χ3v) is 3.27. The SMILES string of the molecule is CC1=NCCC(C)(C)CS1. The topological polar surface area (TPSA) is 12.4 Å². The molecule has 0 bridgehead atoms. The lowest BCUT2D eigenvalue weighted by atomic mass is 9.92. The fraction of sp³-hybridized carbons (Fsp3) is 0.875. The summed E-state index contributed by atoms with van der Waals surface area (Å²) < 4.78 is 0. The van der Waals surface area contributed by atoms with Crippen LogP contribution in [0.3, 0.4) is 0 Å². The quantitative estimate of drug-likeness (QED) is 0.526. The summed E-state index contributed by atoms with van der Waals surface area (Å²) in [5, 5.41) is 1.26. The Morgan fingerprint density at radius 3 is 2.90 bits per heavy atom. The number of hydrogen-bond donors (Lipinski definition) is 0. The molecule has 0 aromatic rings. The summed E-state index contributed by atoms with van der Waals surface area (Å²) in [5.41, 5.74) is 0.492. The molecule has 0 atom stereocenters. The first-order valence-corrected chi connectivity index (χ1v) is 4.73. The highest BCUT2D eigenvalue weighted by molar-refractivity contribution is 8.13. The van der Waals surface area contributed by atoms with Gasteiger partial charge in [-0.3, -0.25) is 4.99 Å². The Morgan fingerprint density at radius 1 is 1.50 bits per heavy atom. The van der Waals surface area contributed by atoms with E-state index in [4.69, 9.17) is 0 Å². The van der Waals surface area contributed by atoms with Gasteiger partial charge in [-0.05, 0) is 18.8 Å². The number of hydrogen-bond acceptors (Lipinski definition) is 2. The van der Waals surface area contributed by atoms with Crippen molar-refractivity contribution in [2.24, 2.45) is 10.4 Å². The van der Waals surface area contributed by atoms with Crippen LogP contribution in [0.5, 0.6) is 0 Å². The molecule has 0 amide bonds. The monoisotopic (exact) mass is 157 g/mol. The minimum atomic E-state index is 0.492. The Bertz CT molecular complexity index is 149. The molecule has 0 saturated carbocycles. The van der Waals surface area contributed by atoms with Gasteiger partial charge < -0.3 is 0 Å². The Balaban J connectivity index is 2.52. The molecule has 0 saturated heterocycles. The lowest BCUT2D eigenvalue weighted by Crippen LogP contribution is -2.14. The Labute approximate surface area is 67.3 Å². The highest BCUT2D eigenvalue weighted by atomic mass is 32.2. The van der Waals surface area contributed by atoms with E-state index in [0.717, 1.165) is 6.54 Å². The second-order valence-corrected chi connectivity index (χ2v) is 4.77. The lowest BCUT2D eigenvalue weighted by Gasteiger charge is -2.20. The fourth-order valence-corrected chi connectivity index (χ4v) is 1.86. The molecule has 0 unspecified atom stereocenters. The van der Waals surface area contributed by atoms with Gasteiger partial charge in [-0.1, -0.05) is 13.8 Å². The normalized spacial score (nSPS) is 25.3. The van der Waals surface area contributed by atoms with Gasteiger partial charge in [0.05, 0.1) is 5.04 Å². The molecule has 0 aromatic carbocycles. The molecular weight excluding hydrogens is 142 g/mol. The highest BCUT2D eigenvalue weighted by Gasteiger charge is 2.19. The predicted octanol–water partition coefficient (Wildman–Crippen LogP) is 2.57. The molecule has 1 aliphatic heterocycles. The van der Waals surface area contributed by atoms with E-state index in [9.17, 15) is 0 Å². The van der Waals surface area contributed by atoms with Gasteiger partial charge in [0.1, 0.15) is 0 Å². The van der Waals surface area contributed by atoms with Crippen LogP contribution < -0.4 is 0 Å². The fourth-order valence-electron chi connectivity index (χ4n) is 0.934. The van der Waals surface area contributed by atoms with Crippen molar-refractivity contribution < 1.29 is 0 Å². The van der Waals surface area contributed by atoms with Crippen LogP contribution in [0.4, 0.5) is 0 Å². The summed E-state index contributed by atoms with van der Waals surface area (Å²) in [6.45, 7) is 7.75. The van der Waals surface area contributed by atoms with Crippen LogP contribution in [-0.2, 0) is 0 Å². The van der Waals surface area contributed by atoms with E-state index in [1.54, 1.807) is 0 Å². The minimum Gasteiger partial charge on any atom is -0.283 e. The molecule has 2 heteroatoms. The number of rotatable bonds is 0. The zero-order valence-electron chi connectivity index (χ0n) is 6.98. The molecular formula is C8H15NS. The molecule has 1 heterocycles. The van der Waals surface area contributed by atoms with Crippen LogP contribution >= 0.6 is 11.8 Å². The van der Waals surface area contributed by atoms with E-state index in [0.29, 0.717) is 5.41 Å². The van der Waals surface area contributed by atoms with E-state index < -0.39 is 0 Å². The molecule has 0 spiro atoms. The summed E-state index contributed by atoms with van der Waals surface area (Å²) in [6, 6.07) is 0. The second kappa shape index (κ2) is 2.95. The molecule has 0 radical (unpaired) electrons. The first kappa shape index (κ1) is 8.12. The van der Waals surface area contributed by atoms with Crippen molar-refractivity contribution >= 4 is 16.8 Å². The van der Waals surface area contributed by atoms with Gasteiger partial charge in [-0.2, -0.15) is 0 Å². The van der Waals surface area contributed by atoms with Crippen molar-refractivity contribution in [3.8, 4) is 0 Å². The number of nitrogens with zero attached hydrogens (tertiary/aromatic N) is 1. The summed E-state index contributed by atoms with van der Waals surface area (Å²) in [6.07, 6.45) is 1.23. The standard InChI is InChI=1S/C8H15NS/c1-7-9-5-4-8(2,3)6-10-7/h4-6H2,1-3H3. The first-order valence-electron chi connectivity index (χ1n) is 3.74. The Morgan fingerprint density at radius 2 is 2.20 bits per heavy atom. The zero-order valence-corrected chi connectivity index (χ0v) is 7.79. The molecule has 0 fully saturated rings. The van der Waals surface area contributed by atoms with Gasteiger partial charge in [0.25, 0.3) is 0 Å². The molecule has 0 aliphatic carbocycles. The summed E-state index contributed by atoms with van der Waals surface area (Å²) in [7, 11) is 0. The van der Waals surface area contributed by atoms with Crippen LogP contribution in [0.15, 0.2) is 4.99 Å². The molecule has 0 N–H and O–H groups in total. The van der Waals surface area contributed by atoms with Crippen molar-refractivity contribution in [2.45, 2.75) is 27.2 Å². The molecule has 1 nitrogen and oxygen atoms in total. The Kier molecular flexibility index (Phi) is 2.40. The maximum Gasteiger partial charge on any atom is 0.0645 e. The van der Waals surface area contributed by atoms with E-state index in [2.05, 4.69) is 25.8 Å². The summed E-state index contributed by atoms with van der Waals surface area (Å²) >= 11 is 1.90. The first-order chi connectivity index (χ1) is 4.60. The van der Waals surface area contributed by atoms with Crippen LogP contribution in [0, 0.1) is 5.41 Å². The van der Waals surface area contributed by atoms with Crippen molar-refractivity contribution in [1.82, 2.24) is 0 Å². The van der Waals surface area contributed by atoms with Crippen molar-refractivity contribution in [2.75, 3.05) is 12.3 Å². The van der Waals surface area contributed by atoms with Crippen LogP contribution in [0.2, 0.25) is 0 Å². The average Bonchev–Trinajstić information content (AvgIpc) is 1.94. The van der Waals surface area contributed by atoms with Crippen molar-refractivity contribution in [3.63, 3.8) is 0 Å². The van der Waals surface area contributed by atoms with Crippen LogP contribution in [-0.4, -0.2) is 17.3 Å². The van der Waals surface area contributed by atoms with E-state index >= 15 is 0 Å². The largest absolute Gasteiger partial charge is 0.283 e.